The van der Waals surface area contributed by atoms with Crippen LogP contribution in [-0.4, -0.2) is 44.5 Å². The van der Waals surface area contributed by atoms with Crippen molar-refractivity contribution in [3.8, 4) is 5.75 Å². The van der Waals surface area contributed by atoms with Crippen molar-refractivity contribution in [2.45, 2.75) is 18.6 Å². The highest BCUT2D eigenvalue weighted by atomic mass is 19.1. The van der Waals surface area contributed by atoms with Gasteiger partial charge in [-0.1, -0.05) is 6.07 Å². The quantitative estimate of drug-likeness (QED) is 0.821. The third-order valence-electron chi connectivity index (χ3n) is 3.41. The lowest BCUT2D eigenvalue weighted by molar-refractivity contribution is 0.0467. The minimum absolute atomic E-state index is 0.112. The van der Waals surface area contributed by atoms with Crippen LogP contribution in [0.15, 0.2) is 18.2 Å². The number of halogens is 2. The smallest absolute Gasteiger partial charge is 0.165 e. The second kappa shape index (κ2) is 5.84. The molecule has 1 atom stereocenters. The van der Waals surface area contributed by atoms with E-state index in [9.17, 15) is 8.78 Å². The first-order valence-electron chi connectivity index (χ1n) is 6.29. The molecule has 1 saturated heterocycles. The molecular formula is C14H19F2NO2. The van der Waals surface area contributed by atoms with Crippen molar-refractivity contribution >= 4 is 0 Å². The fourth-order valence-corrected chi connectivity index (χ4v) is 2.50. The second-order valence-corrected chi connectivity index (χ2v) is 5.01. The van der Waals surface area contributed by atoms with E-state index in [2.05, 4.69) is 0 Å². The van der Waals surface area contributed by atoms with Crippen LogP contribution in [-0.2, 0) is 11.3 Å². The van der Waals surface area contributed by atoms with Gasteiger partial charge in [-0.25, -0.2) is 8.78 Å². The normalized spacial score (nSPS) is 23.8. The Morgan fingerprint density at radius 1 is 1.37 bits per heavy atom. The van der Waals surface area contributed by atoms with E-state index in [0.29, 0.717) is 26.1 Å². The van der Waals surface area contributed by atoms with E-state index in [-0.39, 0.29) is 18.2 Å². The van der Waals surface area contributed by atoms with Crippen molar-refractivity contribution < 1.29 is 18.3 Å². The Balaban J connectivity index is 1.97. The van der Waals surface area contributed by atoms with Crippen LogP contribution < -0.4 is 4.74 Å². The number of ether oxygens (including phenoxy) is 2. The minimum Gasteiger partial charge on any atom is -0.494 e. The summed E-state index contributed by atoms with van der Waals surface area (Å²) >= 11 is 0. The van der Waals surface area contributed by atoms with Gasteiger partial charge in [-0.05, 0) is 24.1 Å². The molecule has 3 nitrogen and oxygen atoms in total. The van der Waals surface area contributed by atoms with E-state index in [4.69, 9.17) is 9.47 Å². The van der Waals surface area contributed by atoms with Gasteiger partial charge in [-0.3, -0.25) is 4.90 Å². The number of hydrogen-bond donors (Lipinski definition) is 0. The topological polar surface area (TPSA) is 21.7 Å². The highest BCUT2D eigenvalue weighted by molar-refractivity contribution is 5.29. The molecule has 0 bridgehead atoms. The number of benzene rings is 1. The molecule has 0 saturated carbocycles. The predicted octanol–water partition coefficient (Wildman–Crippen LogP) is 2.39. The van der Waals surface area contributed by atoms with Gasteiger partial charge in [0.2, 0.25) is 0 Å². The van der Waals surface area contributed by atoms with Crippen LogP contribution in [0.3, 0.4) is 0 Å². The molecule has 0 radical (unpaired) electrons. The van der Waals surface area contributed by atoms with Gasteiger partial charge in [-0.2, -0.15) is 0 Å². The molecule has 0 N–H and O–H groups in total. The highest BCUT2D eigenvalue weighted by Gasteiger charge is 2.38. The van der Waals surface area contributed by atoms with E-state index in [1.54, 1.807) is 12.1 Å². The van der Waals surface area contributed by atoms with Crippen molar-refractivity contribution in [2.24, 2.45) is 0 Å². The predicted molar refractivity (Wildman–Crippen MR) is 68.6 cm³/mol. The molecule has 0 spiro atoms. The van der Waals surface area contributed by atoms with Gasteiger partial charge in [0.15, 0.2) is 11.6 Å². The summed E-state index contributed by atoms with van der Waals surface area (Å²) in [6, 6.07) is 4.84. The Morgan fingerprint density at radius 2 is 2.16 bits per heavy atom. The zero-order valence-electron chi connectivity index (χ0n) is 11.3. The maximum absolute atomic E-state index is 14.2. The minimum atomic E-state index is -1.28. The van der Waals surface area contributed by atoms with Crippen molar-refractivity contribution in [2.75, 3.05) is 33.9 Å². The first kappa shape index (κ1) is 14.2. The van der Waals surface area contributed by atoms with Gasteiger partial charge >= 0.3 is 0 Å². The number of nitrogens with zero attached hydrogens (tertiary/aromatic N) is 1. The Labute approximate surface area is 112 Å². The molecule has 0 aromatic heterocycles. The molecule has 0 amide bonds. The summed E-state index contributed by atoms with van der Waals surface area (Å²) in [4.78, 5) is 1.97. The number of alkyl halides is 1. The van der Waals surface area contributed by atoms with Gasteiger partial charge in [0, 0.05) is 26.7 Å². The largest absolute Gasteiger partial charge is 0.494 e. The summed E-state index contributed by atoms with van der Waals surface area (Å²) in [5, 5.41) is 0. The fraction of sp³-hybridized carbons (Fsp3) is 0.571. The van der Waals surface area contributed by atoms with Gasteiger partial charge in [-0.15, -0.1) is 0 Å². The Hall–Kier alpha value is -1.20. The van der Waals surface area contributed by atoms with Crippen LogP contribution in [0.25, 0.3) is 0 Å². The third-order valence-corrected chi connectivity index (χ3v) is 3.41. The molecule has 5 heteroatoms. The summed E-state index contributed by atoms with van der Waals surface area (Å²) in [6.07, 6.45) is 0.458. The molecular weight excluding hydrogens is 252 g/mol. The van der Waals surface area contributed by atoms with Gasteiger partial charge in [0.1, 0.15) is 5.67 Å². The first-order valence-corrected chi connectivity index (χ1v) is 6.29. The molecule has 1 heterocycles. The van der Waals surface area contributed by atoms with Gasteiger partial charge in [0.05, 0.1) is 13.7 Å². The van der Waals surface area contributed by atoms with Crippen molar-refractivity contribution in [3.63, 3.8) is 0 Å². The van der Waals surface area contributed by atoms with Crippen LogP contribution in [0.4, 0.5) is 8.78 Å². The zero-order valence-corrected chi connectivity index (χ0v) is 11.3. The monoisotopic (exact) mass is 271 g/mol. The van der Waals surface area contributed by atoms with Gasteiger partial charge < -0.3 is 9.47 Å². The standard InChI is InChI=1S/C14H19F2NO2/c1-18-10-14(16)5-6-17(9-14)8-11-3-4-13(19-2)12(15)7-11/h3-4,7H,5-6,8-10H2,1-2H3. The molecule has 1 fully saturated rings. The van der Waals surface area contributed by atoms with Crippen molar-refractivity contribution in [3.05, 3.63) is 29.6 Å². The lowest BCUT2D eigenvalue weighted by atomic mass is 10.1. The number of rotatable bonds is 5. The average Bonchev–Trinajstić information content (AvgIpc) is 2.71. The number of methoxy groups -OCH3 is 2. The zero-order chi connectivity index (χ0) is 13.9. The lowest BCUT2D eigenvalue weighted by Gasteiger charge is -2.20. The molecule has 1 aliphatic rings. The van der Waals surface area contributed by atoms with Crippen LogP contribution in [0.5, 0.6) is 5.75 Å². The summed E-state index contributed by atoms with van der Waals surface area (Å²) in [7, 11) is 2.93. The number of likely N-dealkylation sites (tertiary alicyclic amines) is 1. The van der Waals surface area contributed by atoms with E-state index in [1.165, 1.54) is 20.3 Å². The molecule has 19 heavy (non-hydrogen) atoms. The Bertz CT molecular complexity index is 441. The number of hydrogen-bond acceptors (Lipinski definition) is 3. The molecule has 0 aliphatic carbocycles. The fourth-order valence-electron chi connectivity index (χ4n) is 2.50. The Morgan fingerprint density at radius 3 is 2.79 bits per heavy atom. The van der Waals surface area contributed by atoms with Crippen molar-refractivity contribution in [1.29, 1.82) is 0 Å². The second-order valence-electron chi connectivity index (χ2n) is 5.01. The van der Waals surface area contributed by atoms with E-state index in [1.807, 2.05) is 4.90 Å². The van der Waals surface area contributed by atoms with Crippen LogP contribution in [0.2, 0.25) is 0 Å². The molecule has 2 rings (SSSR count). The Kier molecular flexibility index (Phi) is 4.37. The summed E-state index contributed by atoms with van der Waals surface area (Å²) in [5.74, 6) is -0.160. The van der Waals surface area contributed by atoms with E-state index >= 15 is 0 Å². The van der Waals surface area contributed by atoms with E-state index < -0.39 is 5.67 Å². The van der Waals surface area contributed by atoms with Crippen LogP contribution >= 0.6 is 0 Å². The van der Waals surface area contributed by atoms with Crippen LogP contribution in [0, 0.1) is 5.82 Å². The van der Waals surface area contributed by atoms with Crippen molar-refractivity contribution in [1.82, 2.24) is 4.90 Å². The maximum atomic E-state index is 14.2. The SMILES string of the molecule is COCC1(F)CCN(Cc2ccc(OC)c(F)c2)C1. The molecule has 1 aromatic rings. The third kappa shape index (κ3) is 3.42. The average molecular weight is 271 g/mol. The highest BCUT2D eigenvalue weighted by Crippen LogP contribution is 2.27. The summed E-state index contributed by atoms with van der Waals surface area (Å²) < 4.78 is 37.5. The molecule has 1 unspecified atom stereocenters. The maximum Gasteiger partial charge on any atom is 0.165 e. The molecule has 1 aliphatic heterocycles. The van der Waals surface area contributed by atoms with Crippen LogP contribution in [0.1, 0.15) is 12.0 Å². The lowest BCUT2D eigenvalue weighted by Crippen LogP contribution is -2.33. The molecule has 106 valence electrons. The summed E-state index contributed by atoms with van der Waals surface area (Å²) in [5.41, 5.74) is -0.459. The summed E-state index contributed by atoms with van der Waals surface area (Å²) in [6.45, 7) is 1.64. The first-order chi connectivity index (χ1) is 9.06. The molecule has 1 aromatic carbocycles. The van der Waals surface area contributed by atoms with Gasteiger partial charge in [0.25, 0.3) is 0 Å². The van der Waals surface area contributed by atoms with E-state index in [0.717, 1.165) is 5.56 Å².